The highest BCUT2D eigenvalue weighted by Crippen LogP contribution is 2.52. The van der Waals surface area contributed by atoms with Crippen molar-refractivity contribution in [2.45, 2.75) is 26.8 Å². The van der Waals surface area contributed by atoms with Crippen LogP contribution in [0, 0.1) is 37.5 Å². The number of likely N-dealkylation sites (tertiary alicyclic amines) is 1. The zero-order valence-electron chi connectivity index (χ0n) is 16.2. The van der Waals surface area contributed by atoms with E-state index in [4.69, 9.17) is 0 Å². The molecule has 138 valence electrons. The van der Waals surface area contributed by atoms with Crippen LogP contribution < -0.4 is 0 Å². The highest BCUT2D eigenvalue weighted by Gasteiger charge is 2.59. The standard InChI is InChI=1S/C22H29N2O2/c1-14-5-6-18(15(2)11-14)13-24(3,4)10-9-23-21(25)19-16-7-8-17(12-16)20(19)22(23)26/h5-8,11,16-17,19-20H,9-10,12-13H2,1-4H3/q+1/t16-,17-,19-,20+/m0/s1. The number of nitrogens with zero attached hydrogens (tertiary/aromatic N) is 2. The fourth-order valence-corrected chi connectivity index (χ4v) is 5.12. The Morgan fingerprint density at radius 2 is 1.65 bits per heavy atom. The second-order valence-electron chi connectivity index (χ2n) is 9.08. The molecule has 4 heteroatoms. The van der Waals surface area contributed by atoms with Crippen LogP contribution >= 0.6 is 0 Å². The summed E-state index contributed by atoms with van der Waals surface area (Å²) in [5.41, 5.74) is 3.92. The van der Waals surface area contributed by atoms with Crippen LogP contribution in [0.3, 0.4) is 0 Å². The Labute approximate surface area is 156 Å². The lowest BCUT2D eigenvalue weighted by molar-refractivity contribution is -0.902. The number of benzene rings is 1. The van der Waals surface area contributed by atoms with E-state index in [0.29, 0.717) is 18.4 Å². The molecule has 0 unspecified atom stereocenters. The minimum atomic E-state index is -0.0764. The number of carbonyl (C=O) groups is 2. The first-order chi connectivity index (χ1) is 12.3. The monoisotopic (exact) mass is 353 g/mol. The minimum Gasteiger partial charge on any atom is -0.323 e. The normalized spacial score (nSPS) is 29.8. The number of allylic oxidation sites excluding steroid dienone is 2. The molecule has 4 rings (SSSR count). The number of imide groups is 1. The summed E-state index contributed by atoms with van der Waals surface area (Å²) in [5, 5.41) is 0. The van der Waals surface area contributed by atoms with Crippen molar-refractivity contribution in [1.82, 2.24) is 4.90 Å². The maximum Gasteiger partial charge on any atom is 0.233 e. The van der Waals surface area contributed by atoms with Gasteiger partial charge in [0.05, 0.1) is 39.0 Å². The number of amides is 2. The molecule has 1 aromatic carbocycles. The van der Waals surface area contributed by atoms with Gasteiger partial charge in [0.15, 0.2) is 0 Å². The first-order valence-corrected chi connectivity index (χ1v) is 9.68. The van der Waals surface area contributed by atoms with Crippen LogP contribution in [0.5, 0.6) is 0 Å². The van der Waals surface area contributed by atoms with Crippen molar-refractivity contribution >= 4 is 11.8 Å². The average molecular weight is 353 g/mol. The van der Waals surface area contributed by atoms with E-state index in [1.165, 1.54) is 16.7 Å². The third-order valence-corrected chi connectivity index (χ3v) is 6.59. The van der Waals surface area contributed by atoms with Crippen molar-refractivity contribution in [3.05, 3.63) is 47.0 Å². The van der Waals surface area contributed by atoms with Gasteiger partial charge in [0.1, 0.15) is 6.54 Å². The van der Waals surface area contributed by atoms with Crippen LogP contribution in [-0.4, -0.2) is 48.4 Å². The van der Waals surface area contributed by atoms with Crippen molar-refractivity contribution in [3.8, 4) is 0 Å². The van der Waals surface area contributed by atoms with E-state index in [0.717, 1.165) is 24.0 Å². The number of carbonyl (C=O) groups excluding carboxylic acids is 2. The number of hydrogen-bond acceptors (Lipinski definition) is 2. The molecule has 2 fully saturated rings. The van der Waals surface area contributed by atoms with Gasteiger partial charge in [-0.15, -0.1) is 0 Å². The van der Waals surface area contributed by atoms with Crippen molar-refractivity contribution in [3.63, 3.8) is 0 Å². The maximum atomic E-state index is 12.8. The lowest BCUT2D eigenvalue weighted by Gasteiger charge is -2.32. The number of quaternary nitrogens is 1. The molecule has 4 nitrogen and oxygen atoms in total. The predicted octanol–water partition coefficient (Wildman–Crippen LogP) is 2.69. The van der Waals surface area contributed by atoms with Crippen LogP contribution in [0.2, 0.25) is 0 Å². The van der Waals surface area contributed by atoms with E-state index >= 15 is 0 Å². The minimum absolute atomic E-state index is 0.0726. The fourth-order valence-electron chi connectivity index (χ4n) is 5.12. The average Bonchev–Trinajstić information content (AvgIpc) is 3.23. The zero-order chi connectivity index (χ0) is 18.6. The molecule has 3 aliphatic rings. The van der Waals surface area contributed by atoms with E-state index in [-0.39, 0.29) is 23.7 Å². The Morgan fingerprint density at radius 3 is 2.23 bits per heavy atom. The Hall–Kier alpha value is -1.94. The molecule has 1 saturated heterocycles. The number of likely N-dealkylation sites (N-methyl/N-ethyl adjacent to an activating group) is 1. The Bertz CT molecular complexity index is 765. The third kappa shape index (κ3) is 2.81. The number of hydrogen-bond donors (Lipinski definition) is 0. The molecule has 1 aliphatic heterocycles. The van der Waals surface area contributed by atoms with Gasteiger partial charge in [-0.25, -0.2) is 0 Å². The van der Waals surface area contributed by atoms with Crippen LogP contribution in [0.4, 0.5) is 0 Å². The quantitative estimate of drug-likeness (QED) is 0.464. The SMILES string of the molecule is Cc1ccc(C[N+](C)(C)CCN2C(=O)[C@@H]3[C@H](C2=O)[C@H]2C=C[C@H]3C2)c(C)c1. The molecule has 0 aromatic heterocycles. The second-order valence-corrected chi connectivity index (χ2v) is 9.08. The highest BCUT2D eigenvalue weighted by molar-refractivity contribution is 6.06. The summed E-state index contributed by atoms with van der Waals surface area (Å²) in [6.07, 6.45) is 5.30. The molecule has 2 aliphatic carbocycles. The van der Waals surface area contributed by atoms with Crippen molar-refractivity contribution in [2.75, 3.05) is 27.2 Å². The molecule has 1 aromatic rings. The molecular formula is C22H29N2O2+. The summed E-state index contributed by atoms with van der Waals surface area (Å²) >= 11 is 0. The highest BCUT2D eigenvalue weighted by atomic mass is 16.2. The lowest BCUT2D eigenvalue weighted by atomic mass is 9.85. The number of aryl methyl sites for hydroxylation is 2. The van der Waals surface area contributed by atoms with Crippen LogP contribution in [0.25, 0.3) is 0 Å². The van der Waals surface area contributed by atoms with Gasteiger partial charge in [-0.3, -0.25) is 14.5 Å². The van der Waals surface area contributed by atoms with Gasteiger partial charge in [-0.1, -0.05) is 35.9 Å². The van der Waals surface area contributed by atoms with Gasteiger partial charge in [-0.2, -0.15) is 0 Å². The topological polar surface area (TPSA) is 37.4 Å². The number of rotatable bonds is 5. The summed E-state index contributed by atoms with van der Waals surface area (Å²) in [6, 6.07) is 6.57. The van der Waals surface area contributed by atoms with E-state index in [1.807, 2.05) is 0 Å². The predicted molar refractivity (Wildman–Crippen MR) is 101 cm³/mol. The Morgan fingerprint density at radius 1 is 1.04 bits per heavy atom. The van der Waals surface area contributed by atoms with Gasteiger partial charge in [0.2, 0.25) is 11.8 Å². The van der Waals surface area contributed by atoms with Gasteiger partial charge in [0.25, 0.3) is 0 Å². The smallest absolute Gasteiger partial charge is 0.233 e. The van der Waals surface area contributed by atoms with Gasteiger partial charge >= 0.3 is 0 Å². The molecule has 0 spiro atoms. The Balaban J connectivity index is 1.42. The third-order valence-electron chi connectivity index (χ3n) is 6.59. The summed E-state index contributed by atoms with van der Waals surface area (Å²) in [7, 11) is 4.35. The summed E-state index contributed by atoms with van der Waals surface area (Å²) < 4.78 is 0.765. The summed E-state index contributed by atoms with van der Waals surface area (Å²) in [4.78, 5) is 27.2. The van der Waals surface area contributed by atoms with E-state index in [1.54, 1.807) is 4.90 Å². The molecule has 2 amide bonds. The molecule has 0 N–H and O–H groups in total. The van der Waals surface area contributed by atoms with E-state index < -0.39 is 0 Å². The van der Waals surface area contributed by atoms with Crippen LogP contribution in [0.1, 0.15) is 23.1 Å². The number of fused-ring (bicyclic) bond motifs is 5. The Kier molecular flexibility index (Phi) is 4.07. The first kappa shape index (κ1) is 17.5. The fraction of sp³-hybridized carbons (Fsp3) is 0.545. The molecule has 0 radical (unpaired) electrons. The van der Waals surface area contributed by atoms with E-state index in [2.05, 4.69) is 58.3 Å². The zero-order valence-corrected chi connectivity index (χ0v) is 16.2. The van der Waals surface area contributed by atoms with Crippen LogP contribution in [-0.2, 0) is 16.1 Å². The van der Waals surface area contributed by atoms with Crippen LogP contribution in [0.15, 0.2) is 30.4 Å². The van der Waals surface area contributed by atoms with Gasteiger partial charge in [-0.05, 0) is 37.7 Å². The second kappa shape index (κ2) is 6.05. The molecular weight excluding hydrogens is 324 g/mol. The molecule has 1 heterocycles. The summed E-state index contributed by atoms with van der Waals surface area (Å²) in [6.45, 7) is 6.48. The largest absolute Gasteiger partial charge is 0.323 e. The van der Waals surface area contributed by atoms with Crippen molar-refractivity contribution in [1.29, 1.82) is 0 Å². The first-order valence-electron chi connectivity index (χ1n) is 9.68. The molecule has 26 heavy (non-hydrogen) atoms. The van der Waals surface area contributed by atoms with Crippen molar-refractivity contribution < 1.29 is 14.1 Å². The lowest BCUT2D eigenvalue weighted by Crippen LogP contribution is -2.46. The molecule has 2 bridgehead atoms. The molecule has 4 atom stereocenters. The van der Waals surface area contributed by atoms with Gasteiger partial charge < -0.3 is 4.48 Å². The van der Waals surface area contributed by atoms with Crippen molar-refractivity contribution in [2.24, 2.45) is 23.7 Å². The maximum absolute atomic E-state index is 12.8. The van der Waals surface area contributed by atoms with E-state index in [9.17, 15) is 9.59 Å². The summed E-state index contributed by atoms with van der Waals surface area (Å²) in [5.74, 6) is 0.583. The molecule has 1 saturated carbocycles. The van der Waals surface area contributed by atoms with Gasteiger partial charge in [0, 0.05) is 5.56 Å².